The molecule has 7 nitrogen and oxygen atoms in total. The fourth-order valence-electron chi connectivity index (χ4n) is 2.91. The van der Waals surface area contributed by atoms with Crippen LogP contribution in [0, 0.1) is 0 Å². The number of alkyl halides is 3. The van der Waals surface area contributed by atoms with Crippen LogP contribution in [0.1, 0.15) is 15.9 Å². The molecule has 0 radical (unpaired) electrons. The third-order valence-electron chi connectivity index (χ3n) is 4.54. The van der Waals surface area contributed by atoms with E-state index in [1.54, 1.807) is 0 Å². The Bertz CT molecular complexity index is 1000. The summed E-state index contributed by atoms with van der Waals surface area (Å²) in [6.07, 6.45) is -4.46. The smallest absolute Gasteiger partial charge is 0.416 e. The Kier molecular flexibility index (Phi) is 7.19. The first-order valence-electron chi connectivity index (χ1n) is 9.44. The Balaban J connectivity index is 1.51. The molecule has 1 fully saturated rings. The van der Waals surface area contributed by atoms with Crippen LogP contribution in [0.3, 0.4) is 0 Å². The fraction of sp³-hybridized carbons (Fsp3) is 0.350. The number of ether oxygens (including phenoxy) is 2. The van der Waals surface area contributed by atoms with Crippen molar-refractivity contribution in [3.8, 4) is 5.75 Å². The Labute approximate surface area is 177 Å². The van der Waals surface area contributed by atoms with Crippen molar-refractivity contribution in [2.24, 2.45) is 0 Å². The number of halogens is 3. The summed E-state index contributed by atoms with van der Waals surface area (Å²) in [5, 5.41) is 2.57. The third kappa shape index (κ3) is 5.96. The molecule has 1 amide bonds. The molecule has 0 atom stereocenters. The number of morpholine rings is 1. The van der Waals surface area contributed by atoms with Crippen molar-refractivity contribution in [3.05, 3.63) is 59.7 Å². The normalized spacial score (nSPS) is 15.5. The summed E-state index contributed by atoms with van der Waals surface area (Å²) in [5.41, 5.74) is -0.568. The number of carbonyl (C=O) groups is 1. The van der Waals surface area contributed by atoms with Gasteiger partial charge in [-0.25, -0.2) is 8.42 Å². The van der Waals surface area contributed by atoms with Gasteiger partial charge in [-0.05, 0) is 42.5 Å². The van der Waals surface area contributed by atoms with E-state index in [-0.39, 0.29) is 42.4 Å². The number of nitrogens with one attached hydrogen (secondary N) is 1. The minimum Gasteiger partial charge on any atom is -0.492 e. The Morgan fingerprint density at radius 3 is 2.42 bits per heavy atom. The SMILES string of the molecule is O=C(NCCOc1cccc(C(F)(F)F)c1)c1ccc(S(=O)(=O)N2CCOCC2)cc1. The number of benzene rings is 2. The van der Waals surface area contributed by atoms with Crippen molar-refractivity contribution in [1.29, 1.82) is 0 Å². The third-order valence-corrected chi connectivity index (χ3v) is 6.45. The summed E-state index contributed by atoms with van der Waals surface area (Å²) in [5.74, 6) is -0.412. The second kappa shape index (κ2) is 9.67. The van der Waals surface area contributed by atoms with Crippen molar-refractivity contribution in [3.63, 3.8) is 0 Å². The summed E-state index contributed by atoms with van der Waals surface area (Å²) in [4.78, 5) is 12.3. The monoisotopic (exact) mass is 458 g/mol. The van der Waals surface area contributed by atoms with Crippen LogP contribution in [-0.4, -0.2) is 58.1 Å². The summed E-state index contributed by atoms with van der Waals surface area (Å²) < 4.78 is 75.0. The molecule has 0 aromatic heterocycles. The Morgan fingerprint density at radius 1 is 1.10 bits per heavy atom. The van der Waals surface area contributed by atoms with E-state index in [4.69, 9.17) is 9.47 Å². The highest BCUT2D eigenvalue weighted by Gasteiger charge is 2.30. The number of rotatable bonds is 7. The lowest BCUT2D eigenvalue weighted by atomic mass is 10.2. The number of carbonyl (C=O) groups excluding carboxylic acids is 1. The maximum Gasteiger partial charge on any atom is 0.416 e. The minimum absolute atomic E-state index is 0.0312. The molecule has 168 valence electrons. The van der Waals surface area contributed by atoms with Crippen LogP contribution in [0.15, 0.2) is 53.4 Å². The molecule has 1 heterocycles. The van der Waals surface area contributed by atoms with Gasteiger partial charge < -0.3 is 14.8 Å². The van der Waals surface area contributed by atoms with Crippen molar-refractivity contribution in [2.45, 2.75) is 11.1 Å². The Hall–Kier alpha value is -2.63. The van der Waals surface area contributed by atoms with E-state index in [1.807, 2.05) is 0 Å². The van der Waals surface area contributed by atoms with Crippen LogP contribution in [0.4, 0.5) is 13.2 Å². The fourth-order valence-corrected chi connectivity index (χ4v) is 4.32. The van der Waals surface area contributed by atoms with Gasteiger partial charge in [-0.15, -0.1) is 0 Å². The largest absolute Gasteiger partial charge is 0.492 e. The number of amides is 1. The number of sulfonamides is 1. The molecule has 0 spiro atoms. The van der Waals surface area contributed by atoms with Crippen LogP contribution in [0.5, 0.6) is 5.75 Å². The van der Waals surface area contributed by atoms with E-state index >= 15 is 0 Å². The van der Waals surface area contributed by atoms with Crippen LogP contribution in [0.25, 0.3) is 0 Å². The molecule has 1 aliphatic rings. The maximum atomic E-state index is 12.7. The highest BCUT2D eigenvalue weighted by molar-refractivity contribution is 7.89. The van der Waals surface area contributed by atoms with E-state index in [0.717, 1.165) is 12.1 Å². The molecule has 0 unspecified atom stereocenters. The molecule has 1 saturated heterocycles. The molecule has 11 heteroatoms. The van der Waals surface area contributed by atoms with E-state index in [1.165, 1.54) is 40.7 Å². The van der Waals surface area contributed by atoms with Gasteiger partial charge in [0.1, 0.15) is 12.4 Å². The van der Waals surface area contributed by atoms with Crippen molar-refractivity contribution >= 4 is 15.9 Å². The minimum atomic E-state index is -4.46. The summed E-state index contributed by atoms with van der Waals surface area (Å²) in [6.45, 7) is 1.25. The quantitative estimate of drug-likeness (QED) is 0.645. The van der Waals surface area contributed by atoms with Gasteiger partial charge in [-0.2, -0.15) is 17.5 Å². The van der Waals surface area contributed by atoms with Crippen LogP contribution in [-0.2, 0) is 20.9 Å². The Morgan fingerprint density at radius 2 is 1.77 bits per heavy atom. The van der Waals surface area contributed by atoms with Gasteiger partial charge in [0.2, 0.25) is 10.0 Å². The molecular formula is C20H21F3N2O5S. The number of nitrogens with zero attached hydrogens (tertiary/aromatic N) is 1. The zero-order valence-electron chi connectivity index (χ0n) is 16.4. The standard InChI is InChI=1S/C20H21F3N2O5S/c21-20(22,23)16-2-1-3-17(14-16)30-11-8-24-19(26)15-4-6-18(7-5-15)31(27,28)25-9-12-29-13-10-25/h1-7,14H,8-13H2,(H,24,26). The van der Waals surface area contributed by atoms with Crippen molar-refractivity contribution in [2.75, 3.05) is 39.5 Å². The zero-order chi connectivity index (χ0) is 22.5. The van der Waals surface area contributed by atoms with Crippen molar-refractivity contribution < 1.29 is 35.9 Å². The van der Waals surface area contributed by atoms with Gasteiger partial charge in [0.25, 0.3) is 5.91 Å². The van der Waals surface area contributed by atoms with Gasteiger partial charge in [0.05, 0.1) is 30.2 Å². The van der Waals surface area contributed by atoms with Crippen molar-refractivity contribution in [1.82, 2.24) is 9.62 Å². The molecular weight excluding hydrogens is 437 g/mol. The highest BCUT2D eigenvalue weighted by Crippen LogP contribution is 2.31. The van der Waals surface area contributed by atoms with E-state index in [0.29, 0.717) is 13.2 Å². The lowest BCUT2D eigenvalue weighted by molar-refractivity contribution is -0.137. The average molecular weight is 458 g/mol. The predicted octanol–water partition coefficient (Wildman–Crippen LogP) is 2.54. The van der Waals surface area contributed by atoms with Gasteiger partial charge in [-0.3, -0.25) is 4.79 Å². The summed E-state index contributed by atoms with van der Waals surface area (Å²) in [6, 6.07) is 9.98. The number of hydrogen-bond donors (Lipinski definition) is 1. The van der Waals surface area contributed by atoms with Crippen LogP contribution >= 0.6 is 0 Å². The summed E-state index contributed by atoms with van der Waals surface area (Å²) in [7, 11) is -3.65. The molecule has 0 aliphatic carbocycles. The predicted molar refractivity (Wildman–Crippen MR) is 105 cm³/mol. The molecule has 0 bridgehead atoms. The first-order valence-corrected chi connectivity index (χ1v) is 10.9. The molecule has 2 aromatic carbocycles. The number of hydrogen-bond acceptors (Lipinski definition) is 5. The molecule has 0 saturated carbocycles. The second-order valence-corrected chi connectivity index (χ2v) is 8.61. The van der Waals surface area contributed by atoms with Gasteiger partial charge in [0, 0.05) is 18.7 Å². The lowest BCUT2D eigenvalue weighted by Gasteiger charge is -2.26. The highest BCUT2D eigenvalue weighted by atomic mass is 32.2. The van der Waals surface area contributed by atoms with Gasteiger partial charge in [-0.1, -0.05) is 6.07 Å². The van der Waals surface area contributed by atoms with E-state index in [2.05, 4.69) is 5.32 Å². The molecule has 3 rings (SSSR count). The summed E-state index contributed by atoms with van der Waals surface area (Å²) >= 11 is 0. The van der Waals surface area contributed by atoms with E-state index in [9.17, 15) is 26.4 Å². The molecule has 2 aromatic rings. The van der Waals surface area contributed by atoms with Gasteiger partial charge in [0.15, 0.2) is 0 Å². The van der Waals surface area contributed by atoms with Gasteiger partial charge >= 0.3 is 6.18 Å². The first-order chi connectivity index (χ1) is 14.7. The maximum absolute atomic E-state index is 12.7. The average Bonchev–Trinajstić information content (AvgIpc) is 2.77. The molecule has 31 heavy (non-hydrogen) atoms. The van der Waals surface area contributed by atoms with Crippen LogP contribution < -0.4 is 10.1 Å². The first kappa shape index (κ1) is 23.0. The zero-order valence-corrected chi connectivity index (χ0v) is 17.2. The van der Waals surface area contributed by atoms with Crippen LogP contribution in [0.2, 0.25) is 0 Å². The lowest BCUT2D eigenvalue weighted by Crippen LogP contribution is -2.40. The second-order valence-electron chi connectivity index (χ2n) is 6.67. The van der Waals surface area contributed by atoms with E-state index < -0.39 is 27.7 Å². The molecule has 1 aliphatic heterocycles. The topological polar surface area (TPSA) is 84.9 Å². The molecule has 1 N–H and O–H groups in total.